The van der Waals surface area contributed by atoms with E-state index in [-0.39, 0.29) is 11.4 Å². The molecule has 0 radical (unpaired) electrons. The molecule has 0 bridgehead atoms. The Morgan fingerprint density at radius 1 is 1.21 bits per heavy atom. The first kappa shape index (κ1) is 8.52. The van der Waals surface area contributed by atoms with Gasteiger partial charge in [0.05, 0.1) is 0 Å². The number of benzene rings is 2. The molecule has 0 saturated heterocycles. The van der Waals surface area contributed by atoms with Crippen molar-refractivity contribution in [3.63, 3.8) is 0 Å². The predicted octanol–water partition coefficient (Wildman–Crippen LogP) is 3.34. The normalized spacial score (nSPS) is 10.0. The summed E-state index contributed by atoms with van der Waals surface area (Å²) in [6.07, 6.45) is 0. The van der Waals surface area contributed by atoms with Gasteiger partial charge < -0.3 is 5.11 Å². The van der Waals surface area contributed by atoms with Crippen LogP contribution in [-0.2, 0) is 0 Å². The molecule has 2 rings (SSSR count). The molecule has 0 atom stereocenters. The largest absolute Gasteiger partial charge is 0.501 e. The topological polar surface area (TPSA) is 48.4 Å². The molecule has 0 fully saturated rings. The third kappa shape index (κ3) is 1.09. The molecular formula is C11H9N2O+. The fourth-order valence-corrected chi connectivity index (χ4v) is 1.60. The number of rotatable bonds is 0. The van der Waals surface area contributed by atoms with Crippen molar-refractivity contribution in [1.29, 1.82) is 5.39 Å². The van der Waals surface area contributed by atoms with E-state index in [1.807, 2.05) is 25.1 Å². The van der Waals surface area contributed by atoms with Crippen molar-refractivity contribution in [2.24, 2.45) is 0 Å². The Morgan fingerprint density at radius 2 is 1.86 bits per heavy atom. The van der Waals surface area contributed by atoms with E-state index >= 15 is 0 Å². The number of diazo groups is 1. The van der Waals surface area contributed by atoms with Gasteiger partial charge in [0.15, 0.2) is 4.98 Å². The van der Waals surface area contributed by atoms with Gasteiger partial charge in [-0.1, -0.05) is 24.3 Å². The monoisotopic (exact) mass is 185 g/mol. The van der Waals surface area contributed by atoms with Crippen molar-refractivity contribution < 1.29 is 5.11 Å². The minimum absolute atomic E-state index is 0.0219. The number of aryl methyl sites for hydroxylation is 1. The number of hydrogen-bond acceptors (Lipinski definition) is 2. The van der Waals surface area contributed by atoms with Crippen LogP contribution in [0.1, 0.15) is 5.56 Å². The van der Waals surface area contributed by atoms with Gasteiger partial charge in [-0.25, -0.2) is 0 Å². The molecule has 0 aromatic heterocycles. The van der Waals surface area contributed by atoms with Crippen molar-refractivity contribution in [3.05, 3.63) is 40.9 Å². The molecule has 3 nitrogen and oxygen atoms in total. The summed E-state index contributed by atoms with van der Waals surface area (Å²) in [6.45, 7) is 1.91. The van der Waals surface area contributed by atoms with Crippen LogP contribution in [0.25, 0.3) is 15.7 Å². The SMILES string of the molecule is Cc1cc([N+]#N)c(O)c2ccccc12. The lowest BCUT2D eigenvalue weighted by Crippen LogP contribution is -1.79. The maximum atomic E-state index is 9.72. The second-order valence-corrected chi connectivity index (χ2v) is 3.21. The Hall–Kier alpha value is -2.08. The lowest BCUT2D eigenvalue weighted by molar-refractivity contribution is 0.484. The summed E-state index contributed by atoms with van der Waals surface area (Å²) in [7, 11) is 0. The number of fused-ring (bicyclic) bond motifs is 1. The standard InChI is InChI=1S/C11H8N2O/c1-7-6-10(13-12)11(14)9-5-3-2-4-8(7)9/h2-6H,1H3/p+1. The lowest BCUT2D eigenvalue weighted by Gasteiger charge is -2.00. The van der Waals surface area contributed by atoms with E-state index < -0.39 is 0 Å². The Bertz CT molecular complexity index is 541. The zero-order valence-corrected chi connectivity index (χ0v) is 7.73. The average molecular weight is 185 g/mol. The van der Waals surface area contributed by atoms with E-state index in [1.165, 1.54) is 0 Å². The molecule has 0 heterocycles. The number of aromatic hydroxyl groups is 1. The van der Waals surface area contributed by atoms with Crippen molar-refractivity contribution in [2.75, 3.05) is 0 Å². The number of hydrogen-bond donors (Lipinski definition) is 1. The second kappa shape index (κ2) is 3.00. The first-order valence-electron chi connectivity index (χ1n) is 4.30. The molecule has 0 aliphatic carbocycles. The Labute approximate surface area is 81.2 Å². The molecule has 2 aromatic rings. The van der Waals surface area contributed by atoms with E-state index in [1.54, 1.807) is 12.1 Å². The number of phenols is 1. The van der Waals surface area contributed by atoms with Crippen LogP contribution in [0, 0.1) is 12.3 Å². The summed E-state index contributed by atoms with van der Waals surface area (Å²) >= 11 is 0. The highest BCUT2D eigenvalue weighted by atomic mass is 16.3. The van der Waals surface area contributed by atoms with Crippen LogP contribution >= 0.6 is 0 Å². The third-order valence-corrected chi connectivity index (χ3v) is 2.31. The molecule has 0 aliphatic heterocycles. The minimum Gasteiger partial charge on any atom is -0.501 e. The van der Waals surface area contributed by atoms with E-state index in [0.29, 0.717) is 5.39 Å². The molecule has 2 aromatic carbocycles. The van der Waals surface area contributed by atoms with E-state index in [2.05, 4.69) is 4.98 Å². The Kier molecular flexibility index (Phi) is 1.83. The van der Waals surface area contributed by atoms with E-state index in [4.69, 9.17) is 5.39 Å². The van der Waals surface area contributed by atoms with Crippen LogP contribution in [0.15, 0.2) is 30.3 Å². The Morgan fingerprint density at radius 3 is 2.50 bits per heavy atom. The summed E-state index contributed by atoms with van der Waals surface area (Å²) in [5.74, 6) is 0.0219. The van der Waals surface area contributed by atoms with Crippen LogP contribution in [0.5, 0.6) is 5.75 Å². The van der Waals surface area contributed by atoms with Crippen LogP contribution < -0.4 is 0 Å². The first-order valence-corrected chi connectivity index (χ1v) is 4.30. The zero-order valence-electron chi connectivity index (χ0n) is 7.73. The number of phenolic OH excluding ortho intramolecular Hbond substituents is 1. The van der Waals surface area contributed by atoms with Crippen molar-refractivity contribution in [3.8, 4) is 5.75 Å². The van der Waals surface area contributed by atoms with E-state index in [0.717, 1.165) is 10.9 Å². The molecule has 0 amide bonds. The highest BCUT2D eigenvalue weighted by Crippen LogP contribution is 2.36. The van der Waals surface area contributed by atoms with Gasteiger partial charge in [0, 0.05) is 11.5 Å². The van der Waals surface area contributed by atoms with Crippen LogP contribution in [-0.4, -0.2) is 5.11 Å². The summed E-state index contributed by atoms with van der Waals surface area (Å²) < 4.78 is 0. The van der Waals surface area contributed by atoms with Crippen molar-refractivity contribution >= 4 is 16.5 Å². The van der Waals surface area contributed by atoms with Gasteiger partial charge in [-0.3, -0.25) is 0 Å². The zero-order chi connectivity index (χ0) is 10.1. The average Bonchev–Trinajstić information content (AvgIpc) is 2.23. The van der Waals surface area contributed by atoms with Crippen LogP contribution in [0.3, 0.4) is 0 Å². The fourth-order valence-electron chi connectivity index (χ4n) is 1.60. The summed E-state index contributed by atoms with van der Waals surface area (Å²) in [4.78, 5) is 3.03. The van der Waals surface area contributed by atoms with Gasteiger partial charge in [-0.15, -0.1) is 0 Å². The van der Waals surface area contributed by atoms with E-state index in [9.17, 15) is 5.11 Å². The quantitative estimate of drug-likeness (QED) is 0.640. The van der Waals surface area contributed by atoms with Gasteiger partial charge in [0.2, 0.25) is 11.1 Å². The fraction of sp³-hybridized carbons (Fsp3) is 0.0909. The highest BCUT2D eigenvalue weighted by Gasteiger charge is 2.17. The summed E-state index contributed by atoms with van der Waals surface area (Å²) in [5.41, 5.74) is 1.19. The minimum atomic E-state index is 0.0219. The lowest BCUT2D eigenvalue weighted by atomic mass is 10.0. The molecule has 0 spiro atoms. The summed E-state index contributed by atoms with van der Waals surface area (Å²) in [6, 6.07) is 9.11. The molecule has 0 saturated carbocycles. The van der Waals surface area contributed by atoms with Crippen molar-refractivity contribution in [2.45, 2.75) is 6.92 Å². The maximum absolute atomic E-state index is 9.72. The smallest absolute Gasteiger partial charge is 0.427 e. The predicted molar refractivity (Wildman–Crippen MR) is 55.1 cm³/mol. The maximum Gasteiger partial charge on any atom is 0.427 e. The molecule has 68 valence electrons. The molecule has 1 N–H and O–H groups in total. The molecule has 0 unspecified atom stereocenters. The molecular weight excluding hydrogens is 176 g/mol. The number of nitrogens with zero attached hydrogens (tertiary/aromatic N) is 2. The van der Waals surface area contributed by atoms with Gasteiger partial charge in [0.1, 0.15) is 0 Å². The van der Waals surface area contributed by atoms with Gasteiger partial charge in [0.25, 0.3) is 0 Å². The molecule has 0 aliphatic rings. The third-order valence-electron chi connectivity index (χ3n) is 2.31. The van der Waals surface area contributed by atoms with Crippen molar-refractivity contribution in [1.82, 2.24) is 0 Å². The van der Waals surface area contributed by atoms with Crippen LogP contribution in [0.2, 0.25) is 0 Å². The first-order chi connectivity index (χ1) is 6.74. The van der Waals surface area contributed by atoms with Gasteiger partial charge >= 0.3 is 5.69 Å². The Balaban J connectivity index is 2.96. The summed E-state index contributed by atoms with van der Waals surface area (Å²) in [5, 5.41) is 20.1. The van der Waals surface area contributed by atoms with Gasteiger partial charge in [-0.2, -0.15) is 0 Å². The highest BCUT2D eigenvalue weighted by molar-refractivity contribution is 5.95. The molecule has 14 heavy (non-hydrogen) atoms. The van der Waals surface area contributed by atoms with Gasteiger partial charge in [-0.05, 0) is 17.9 Å². The molecule has 3 heteroatoms. The second-order valence-electron chi connectivity index (χ2n) is 3.21. The van der Waals surface area contributed by atoms with Crippen LogP contribution in [0.4, 0.5) is 5.69 Å².